The van der Waals surface area contributed by atoms with Gasteiger partial charge in [-0.1, -0.05) is 12.1 Å². The highest BCUT2D eigenvalue weighted by molar-refractivity contribution is 5.85. The monoisotopic (exact) mass is 355 g/mol. The molecule has 1 aromatic rings. The number of hydrogen-bond acceptors (Lipinski definition) is 4. The van der Waals surface area contributed by atoms with Crippen LogP contribution < -0.4 is 10.6 Å². The summed E-state index contributed by atoms with van der Waals surface area (Å²) in [6.07, 6.45) is 3.69. The minimum atomic E-state index is -0.384. The maximum absolute atomic E-state index is 12.1. The number of rotatable bonds is 6. The fourth-order valence-corrected chi connectivity index (χ4v) is 3.00. The number of benzene rings is 1. The van der Waals surface area contributed by atoms with Crippen molar-refractivity contribution in [3.05, 3.63) is 39.4 Å². The maximum Gasteiger partial charge on any atom is 0.272 e. The predicted octanol–water partition coefficient (Wildman–Crippen LogP) is 3.28. The highest BCUT2D eigenvalue weighted by atomic mass is 35.5. The van der Waals surface area contributed by atoms with Crippen LogP contribution in [0.2, 0.25) is 0 Å². The molecule has 1 aliphatic rings. The van der Waals surface area contributed by atoms with Crippen LogP contribution in [0.15, 0.2) is 18.2 Å². The second-order valence-electron chi connectivity index (χ2n) is 6.32. The molecule has 1 aromatic carbocycles. The van der Waals surface area contributed by atoms with Gasteiger partial charge in [-0.05, 0) is 57.7 Å². The molecule has 24 heavy (non-hydrogen) atoms. The van der Waals surface area contributed by atoms with Crippen LogP contribution >= 0.6 is 12.4 Å². The number of nitro groups is 1. The highest BCUT2D eigenvalue weighted by Crippen LogP contribution is 2.23. The summed E-state index contributed by atoms with van der Waals surface area (Å²) in [5.41, 5.74) is 1.49. The van der Waals surface area contributed by atoms with Gasteiger partial charge in [-0.2, -0.15) is 0 Å². The van der Waals surface area contributed by atoms with Crippen LogP contribution in [0.25, 0.3) is 0 Å². The topological polar surface area (TPSA) is 84.3 Å². The summed E-state index contributed by atoms with van der Waals surface area (Å²) >= 11 is 0. The lowest BCUT2D eigenvalue weighted by molar-refractivity contribution is -0.385. The molecule has 2 rings (SSSR count). The van der Waals surface area contributed by atoms with Crippen molar-refractivity contribution in [2.45, 2.75) is 45.6 Å². The maximum atomic E-state index is 12.1. The summed E-state index contributed by atoms with van der Waals surface area (Å²) in [6.45, 7) is 5.65. The Morgan fingerprint density at radius 2 is 2.08 bits per heavy atom. The van der Waals surface area contributed by atoms with Crippen molar-refractivity contribution in [1.82, 2.24) is 10.6 Å². The zero-order valence-corrected chi connectivity index (χ0v) is 15.0. The first-order chi connectivity index (χ1) is 11.0. The molecule has 1 amide bonds. The molecule has 6 nitrogen and oxygen atoms in total. The van der Waals surface area contributed by atoms with E-state index >= 15 is 0 Å². The van der Waals surface area contributed by atoms with Gasteiger partial charge in [0.2, 0.25) is 5.91 Å². The molecule has 0 bridgehead atoms. The molecule has 134 valence electrons. The van der Waals surface area contributed by atoms with E-state index in [1.807, 2.05) is 13.0 Å². The molecule has 0 radical (unpaired) electrons. The van der Waals surface area contributed by atoms with Crippen LogP contribution in [0.3, 0.4) is 0 Å². The Kier molecular flexibility index (Phi) is 8.15. The van der Waals surface area contributed by atoms with Crippen LogP contribution in [0.1, 0.15) is 49.8 Å². The van der Waals surface area contributed by atoms with E-state index in [9.17, 15) is 14.9 Å². The van der Waals surface area contributed by atoms with E-state index in [2.05, 4.69) is 10.6 Å². The van der Waals surface area contributed by atoms with Gasteiger partial charge in [-0.3, -0.25) is 14.9 Å². The Hall–Kier alpha value is -1.66. The Labute approximate surface area is 149 Å². The Bertz CT molecular complexity index is 574. The number of hydrogen-bond donors (Lipinski definition) is 2. The third-order valence-electron chi connectivity index (χ3n) is 4.55. The van der Waals surface area contributed by atoms with E-state index in [1.54, 1.807) is 19.1 Å². The van der Waals surface area contributed by atoms with Gasteiger partial charge >= 0.3 is 0 Å². The van der Waals surface area contributed by atoms with Gasteiger partial charge in [0.1, 0.15) is 0 Å². The van der Waals surface area contributed by atoms with Crippen LogP contribution in [0.4, 0.5) is 5.69 Å². The second-order valence-corrected chi connectivity index (χ2v) is 6.32. The average Bonchev–Trinajstić information content (AvgIpc) is 2.54. The van der Waals surface area contributed by atoms with Crippen molar-refractivity contribution in [1.29, 1.82) is 0 Å². The van der Waals surface area contributed by atoms with Gasteiger partial charge in [-0.25, -0.2) is 0 Å². The first-order valence-electron chi connectivity index (χ1n) is 8.22. The fraction of sp³-hybridized carbons (Fsp3) is 0.588. The smallest absolute Gasteiger partial charge is 0.272 e. The molecule has 7 heteroatoms. The van der Waals surface area contributed by atoms with Gasteiger partial charge in [0.25, 0.3) is 5.69 Å². The molecule has 0 aliphatic carbocycles. The molecule has 0 saturated carbocycles. The van der Waals surface area contributed by atoms with Gasteiger partial charge in [0.05, 0.1) is 11.0 Å². The van der Waals surface area contributed by atoms with Crippen molar-refractivity contribution < 1.29 is 9.72 Å². The summed E-state index contributed by atoms with van der Waals surface area (Å²) in [5, 5.41) is 17.3. The molecule has 1 heterocycles. The van der Waals surface area contributed by atoms with Gasteiger partial charge in [-0.15, -0.1) is 12.4 Å². The first-order valence-corrected chi connectivity index (χ1v) is 8.22. The molecule has 1 fully saturated rings. The molecule has 2 N–H and O–H groups in total. The molecular formula is C17H26ClN3O3. The summed E-state index contributed by atoms with van der Waals surface area (Å²) in [6, 6.07) is 4.88. The van der Waals surface area contributed by atoms with E-state index in [-0.39, 0.29) is 35.0 Å². The van der Waals surface area contributed by atoms with E-state index in [4.69, 9.17) is 0 Å². The minimum Gasteiger partial charge on any atom is -0.350 e. The van der Waals surface area contributed by atoms with E-state index in [0.29, 0.717) is 17.9 Å². The minimum absolute atomic E-state index is 0. The average molecular weight is 356 g/mol. The number of piperidine rings is 1. The lowest BCUT2D eigenvalue weighted by Crippen LogP contribution is -2.30. The summed E-state index contributed by atoms with van der Waals surface area (Å²) < 4.78 is 0. The first kappa shape index (κ1) is 20.4. The lowest BCUT2D eigenvalue weighted by Gasteiger charge is -2.22. The molecule has 0 spiro atoms. The van der Waals surface area contributed by atoms with Gasteiger partial charge < -0.3 is 10.6 Å². The lowest BCUT2D eigenvalue weighted by atomic mass is 9.93. The number of carbonyl (C=O) groups is 1. The van der Waals surface area contributed by atoms with E-state index in [0.717, 1.165) is 37.9 Å². The number of nitrogens with one attached hydrogen (secondary N) is 2. The largest absolute Gasteiger partial charge is 0.350 e. The number of nitrogens with zero attached hydrogens (tertiary/aromatic N) is 1. The van der Waals surface area contributed by atoms with E-state index in [1.165, 1.54) is 0 Å². The van der Waals surface area contributed by atoms with Crippen molar-refractivity contribution in [2.24, 2.45) is 5.92 Å². The summed E-state index contributed by atoms with van der Waals surface area (Å²) in [4.78, 5) is 22.7. The zero-order valence-electron chi connectivity index (χ0n) is 14.2. The summed E-state index contributed by atoms with van der Waals surface area (Å²) in [5.74, 6) is 0.636. The number of nitro benzene ring substituents is 1. The number of aryl methyl sites for hydroxylation is 1. The standard InChI is InChI=1S/C17H25N3O3.ClH/c1-12-3-5-15(11-16(12)20(22)23)13(2)19-17(21)6-4-14-7-9-18-10-8-14;/h3,5,11,13-14,18H,4,6-10H2,1-2H3,(H,19,21);1H. The van der Waals surface area contributed by atoms with Gasteiger partial charge in [0, 0.05) is 18.1 Å². The third kappa shape index (κ3) is 5.76. The van der Waals surface area contributed by atoms with Crippen LogP contribution in [0, 0.1) is 23.0 Å². The van der Waals surface area contributed by atoms with Crippen molar-refractivity contribution in [3.8, 4) is 0 Å². The molecule has 1 aliphatic heterocycles. The predicted molar refractivity (Wildman–Crippen MR) is 96.5 cm³/mol. The Morgan fingerprint density at radius 1 is 1.42 bits per heavy atom. The molecule has 0 aromatic heterocycles. The molecule has 1 unspecified atom stereocenters. The number of amides is 1. The van der Waals surface area contributed by atoms with Crippen molar-refractivity contribution in [2.75, 3.05) is 13.1 Å². The number of carbonyl (C=O) groups excluding carboxylic acids is 1. The van der Waals surface area contributed by atoms with E-state index < -0.39 is 0 Å². The van der Waals surface area contributed by atoms with Crippen LogP contribution in [-0.2, 0) is 4.79 Å². The zero-order chi connectivity index (χ0) is 16.8. The summed E-state index contributed by atoms with van der Waals surface area (Å²) in [7, 11) is 0. The Balaban J connectivity index is 0.00000288. The normalized spacial score (nSPS) is 16.1. The quantitative estimate of drug-likeness (QED) is 0.605. The second kappa shape index (κ2) is 9.59. The van der Waals surface area contributed by atoms with Crippen molar-refractivity contribution >= 4 is 24.0 Å². The van der Waals surface area contributed by atoms with Crippen LogP contribution in [0.5, 0.6) is 0 Å². The Morgan fingerprint density at radius 3 is 2.71 bits per heavy atom. The molecule has 1 atom stereocenters. The van der Waals surface area contributed by atoms with Gasteiger partial charge in [0.15, 0.2) is 0 Å². The highest BCUT2D eigenvalue weighted by Gasteiger charge is 2.18. The SMILES string of the molecule is Cc1ccc(C(C)NC(=O)CCC2CCNCC2)cc1[N+](=O)[O-].Cl. The van der Waals surface area contributed by atoms with Crippen molar-refractivity contribution in [3.63, 3.8) is 0 Å². The fourth-order valence-electron chi connectivity index (χ4n) is 3.00. The number of halogens is 1. The third-order valence-corrected chi connectivity index (χ3v) is 4.55. The molecular weight excluding hydrogens is 330 g/mol. The van der Waals surface area contributed by atoms with Crippen LogP contribution in [-0.4, -0.2) is 23.9 Å². The molecule has 1 saturated heterocycles.